The summed E-state index contributed by atoms with van der Waals surface area (Å²) in [6.07, 6.45) is -4.35. The Balaban J connectivity index is 3.14. The van der Waals surface area contributed by atoms with Gasteiger partial charge in [-0.25, -0.2) is 0 Å². The molecule has 0 aliphatic heterocycles. The van der Waals surface area contributed by atoms with Gasteiger partial charge in [0.15, 0.2) is 0 Å². The Morgan fingerprint density at radius 2 is 1.71 bits per heavy atom. The molecule has 0 aliphatic rings. The minimum atomic E-state index is -4.35. The van der Waals surface area contributed by atoms with Crippen molar-refractivity contribution in [2.45, 2.75) is 58.9 Å². The smallest absolute Gasteiger partial charge is 0.372 e. The molecule has 120 valence electrons. The molecule has 0 saturated carbocycles. The van der Waals surface area contributed by atoms with Gasteiger partial charge in [-0.15, -0.1) is 0 Å². The summed E-state index contributed by atoms with van der Waals surface area (Å²) in [6.45, 7) is 10.1. The van der Waals surface area contributed by atoms with Crippen molar-refractivity contribution >= 4 is 5.69 Å². The van der Waals surface area contributed by atoms with Crippen LogP contribution in [0.3, 0.4) is 0 Å². The number of nitrogens with one attached hydrogen (secondary N) is 1. The van der Waals surface area contributed by atoms with Crippen LogP contribution in [0.25, 0.3) is 0 Å². The highest BCUT2D eigenvalue weighted by atomic mass is 19.4. The van der Waals surface area contributed by atoms with Crippen molar-refractivity contribution in [1.29, 1.82) is 0 Å². The fourth-order valence-corrected chi connectivity index (χ4v) is 1.87. The van der Waals surface area contributed by atoms with Crippen LogP contribution in [0, 0.1) is 0 Å². The third kappa shape index (κ3) is 5.23. The van der Waals surface area contributed by atoms with Crippen LogP contribution in [0.15, 0.2) is 18.2 Å². The second-order valence-corrected chi connectivity index (χ2v) is 6.66. The maximum absolute atomic E-state index is 13.3. The highest BCUT2D eigenvalue weighted by molar-refractivity contribution is 5.56. The zero-order valence-corrected chi connectivity index (χ0v) is 13.6. The molecule has 0 bridgehead atoms. The number of rotatable bonds is 4. The summed E-state index contributed by atoms with van der Waals surface area (Å²) in [6, 6.07) is 4.56. The maximum atomic E-state index is 13.3. The van der Waals surface area contributed by atoms with Crippen molar-refractivity contribution in [2.75, 3.05) is 11.9 Å². The lowest BCUT2D eigenvalue weighted by molar-refractivity contribution is -0.137. The molecular weight excluding hydrogens is 277 g/mol. The second-order valence-electron chi connectivity index (χ2n) is 6.66. The first-order valence-corrected chi connectivity index (χ1v) is 7.10. The van der Waals surface area contributed by atoms with Gasteiger partial charge in [0.05, 0.1) is 5.56 Å². The van der Waals surface area contributed by atoms with Crippen LogP contribution in [0.4, 0.5) is 18.9 Å². The maximum Gasteiger partial charge on any atom is 0.418 e. The van der Waals surface area contributed by atoms with E-state index in [-0.39, 0.29) is 17.3 Å². The van der Waals surface area contributed by atoms with Crippen LogP contribution in [-0.2, 0) is 12.7 Å². The highest BCUT2D eigenvalue weighted by Crippen LogP contribution is 2.37. The first kappa shape index (κ1) is 17.8. The molecular formula is C16H25F3N2. The Morgan fingerprint density at radius 1 is 1.14 bits per heavy atom. The van der Waals surface area contributed by atoms with Crippen molar-refractivity contribution in [1.82, 2.24) is 5.32 Å². The second kappa shape index (κ2) is 6.26. The number of halogens is 3. The molecule has 5 heteroatoms. The number of hydrogen-bond donors (Lipinski definition) is 1. The third-order valence-corrected chi connectivity index (χ3v) is 3.34. The van der Waals surface area contributed by atoms with E-state index in [1.54, 1.807) is 24.1 Å². The lowest BCUT2D eigenvalue weighted by Crippen LogP contribution is -2.35. The fourth-order valence-electron chi connectivity index (χ4n) is 1.87. The summed E-state index contributed by atoms with van der Waals surface area (Å²) in [5.41, 5.74) is 0.147. The van der Waals surface area contributed by atoms with Crippen LogP contribution in [0.1, 0.15) is 45.7 Å². The van der Waals surface area contributed by atoms with Gasteiger partial charge in [0, 0.05) is 30.9 Å². The van der Waals surface area contributed by atoms with E-state index >= 15 is 0 Å². The largest absolute Gasteiger partial charge is 0.418 e. The van der Waals surface area contributed by atoms with Crippen LogP contribution >= 0.6 is 0 Å². The lowest BCUT2D eigenvalue weighted by Gasteiger charge is -2.28. The van der Waals surface area contributed by atoms with E-state index in [9.17, 15) is 13.2 Å². The van der Waals surface area contributed by atoms with E-state index in [0.29, 0.717) is 12.1 Å². The molecule has 0 aromatic heterocycles. The van der Waals surface area contributed by atoms with Crippen LogP contribution in [0.2, 0.25) is 0 Å². The predicted molar refractivity (Wildman–Crippen MR) is 81.6 cm³/mol. The molecule has 2 nitrogen and oxygen atoms in total. The summed E-state index contributed by atoms with van der Waals surface area (Å²) < 4.78 is 39.8. The Labute approximate surface area is 125 Å². The SMILES string of the molecule is CC(C)N(C)c1ccc(CNC(C)(C)C)cc1C(F)(F)F. The van der Waals surface area contributed by atoms with E-state index in [0.717, 1.165) is 0 Å². The van der Waals surface area contributed by atoms with Crippen molar-refractivity contribution < 1.29 is 13.2 Å². The highest BCUT2D eigenvalue weighted by Gasteiger charge is 2.35. The van der Waals surface area contributed by atoms with E-state index in [4.69, 9.17) is 0 Å². The summed E-state index contributed by atoms with van der Waals surface area (Å²) in [5, 5.41) is 3.21. The van der Waals surface area contributed by atoms with E-state index in [2.05, 4.69) is 5.32 Å². The van der Waals surface area contributed by atoms with Crippen molar-refractivity contribution in [2.24, 2.45) is 0 Å². The molecule has 0 amide bonds. The van der Waals surface area contributed by atoms with Gasteiger partial charge < -0.3 is 10.2 Å². The molecule has 0 saturated heterocycles. The minimum Gasteiger partial charge on any atom is -0.372 e. The quantitative estimate of drug-likeness (QED) is 0.884. The number of alkyl halides is 3. The molecule has 0 radical (unpaired) electrons. The zero-order valence-electron chi connectivity index (χ0n) is 13.6. The summed E-state index contributed by atoms with van der Waals surface area (Å²) >= 11 is 0. The molecule has 0 aliphatic carbocycles. The molecule has 1 aromatic carbocycles. The zero-order chi connectivity index (χ0) is 16.4. The van der Waals surface area contributed by atoms with E-state index in [1.807, 2.05) is 34.6 Å². The van der Waals surface area contributed by atoms with Gasteiger partial charge in [0.25, 0.3) is 0 Å². The van der Waals surface area contributed by atoms with E-state index < -0.39 is 11.7 Å². The van der Waals surface area contributed by atoms with Crippen LogP contribution in [-0.4, -0.2) is 18.6 Å². The Bertz CT molecular complexity index is 473. The first-order chi connectivity index (χ1) is 9.42. The van der Waals surface area contributed by atoms with Gasteiger partial charge in [-0.2, -0.15) is 13.2 Å². The Kier molecular flexibility index (Phi) is 5.31. The number of hydrogen-bond acceptors (Lipinski definition) is 2. The standard InChI is InChI=1S/C16H25F3N2/c1-11(2)21(6)14-8-7-12(10-20-15(3,4)5)9-13(14)16(17,18)19/h7-9,11,20H,10H2,1-6H3. The molecule has 0 unspecified atom stereocenters. The molecule has 21 heavy (non-hydrogen) atoms. The molecule has 0 spiro atoms. The molecule has 1 N–H and O–H groups in total. The number of benzene rings is 1. The monoisotopic (exact) mass is 302 g/mol. The summed E-state index contributed by atoms with van der Waals surface area (Å²) in [7, 11) is 1.68. The lowest BCUT2D eigenvalue weighted by atomic mass is 10.0. The summed E-state index contributed by atoms with van der Waals surface area (Å²) in [4.78, 5) is 1.64. The van der Waals surface area contributed by atoms with Crippen LogP contribution in [0.5, 0.6) is 0 Å². The molecule has 0 fully saturated rings. The van der Waals surface area contributed by atoms with Gasteiger partial charge in [-0.05, 0) is 52.3 Å². The van der Waals surface area contributed by atoms with Gasteiger partial charge in [-0.3, -0.25) is 0 Å². The third-order valence-electron chi connectivity index (χ3n) is 3.34. The fraction of sp³-hybridized carbons (Fsp3) is 0.625. The molecule has 0 atom stereocenters. The topological polar surface area (TPSA) is 15.3 Å². The average molecular weight is 302 g/mol. The Hall–Kier alpha value is -1.23. The van der Waals surface area contributed by atoms with Crippen molar-refractivity contribution in [3.05, 3.63) is 29.3 Å². The summed E-state index contributed by atoms with van der Waals surface area (Å²) in [5.74, 6) is 0. The molecule has 1 aromatic rings. The van der Waals surface area contributed by atoms with Gasteiger partial charge in [0.1, 0.15) is 0 Å². The molecule has 1 rings (SSSR count). The number of anilines is 1. The number of nitrogens with zero attached hydrogens (tertiary/aromatic N) is 1. The normalized spacial score (nSPS) is 12.9. The molecule has 0 heterocycles. The predicted octanol–water partition coefficient (Wildman–Crippen LogP) is 4.44. The first-order valence-electron chi connectivity index (χ1n) is 7.10. The van der Waals surface area contributed by atoms with Crippen molar-refractivity contribution in [3.8, 4) is 0 Å². The van der Waals surface area contributed by atoms with Gasteiger partial charge in [0.2, 0.25) is 0 Å². The minimum absolute atomic E-state index is 0.00431. The van der Waals surface area contributed by atoms with Gasteiger partial charge >= 0.3 is 6.18 Å². The van der Waals surface area contributed by atoms with E-state index in [1.165, 1.54) is 6.07 Å². The average Bonchev–Trinajstić information content (AvgIpc) is 2.33. The van der Waals surface area contributed by atoms with Crippen LogP contribution < -0.4 is 10.2 Å². The Morgan fingerprint density at radius 3 is 2.14 bits per heavy atom. The van der Waals surface area contributed by atoms with Gasteiger partial charge in [-0.1, -0.05) is 6.07 Å². The van der Waals surface area contributed by atoms with Crippen molar-refractivity contribution in [3.63, 3.8) is 0 Å².